The lowest BCUT2D eigenvalue weighted by molar-refractivity contribution is -0.112. The fourth-order valence-electron chi connectivity index (χ4n) is 3.48. The van der Waals surface area contributed by atoms with E-state index < -0.39 is 0 Å². The van der Waals surface area contributed by atoms with Crippen LogP contribution in [0, 0.1) is 5.92 Å². The predicted octanol–water partition coefficient (Wildman–Crippen LogP) is 3.43. The number of ether oxygens (including phenoxy) is 1. The van der Waals surface area contributed by atoms with E-state index in [4.69, 9.17) is 4.74 Å². The maximum Gasteiger partial charge on any atom is 0.124 e. The number of fused-ring (bicyclic) bond motifs is 3. The van der Waals surface area contributed by atoms with E-state index in [1.807, 2.05) is 31.2 Å². The summed E-state index contributed by atoms with van der Waals surface area (Å²) in [5.41, 5.74) is 4.46. The van der Waals surface area contributed by atoms with Crippen LogP contribution in [0.2, 0.25) is 0 Å². The van der Waals surface area contributed by atoms with Crippen LogP contribution in [0.3, 0.4) is 0 Å². The average Bonchev–Trinajstić information content (AvgIpc) is 2.79. The fraction of sp³-hybridized carbons (Fsp3) is 0.278. The average molecular weight is 266 g/mol. The fourth-order valence-corrected chi connectivity index (χ4v) is 3.48. The molecule has 1 unspecified atom stereocenters. The number of carbonyl (C=O) groups excluding carboxylic acids is 1. The summed E-state index contributed by atoms with van der Waals surface area (Å²) in [6.45, 7) is 2.49. The van der Waals surface area contributed by atoms with Crippen LogP contribution in [0.1, 0.15) is 18.1 Å². The zero-order valence-corrected chi connectivity index (χ0v) is 11.8. The van der Waals surface area contributed by atoms with E-state index in [1.54, 1.807) is 7.11 Å². The molecule has 20 heavy (non-hydrogen) atoms. The molecule has 0 saturated heterocycles. The molecular formula is C18H18O2. The van der Waals surface area contributed by atoms with Crippen LogP contribution in [0.4, 0.5) is 0 Å². The molecule has 0 heterocycles. The molecule has 2 aromatic rings. The molecule has 3 rings (SSSR count). The number of benzene rings is 2. The Morgan fingerprint density at radius 2 is 1.55 bits per heavy atom. The topological polar surface area (TPSA) is 26.3 Å². The number of hydrogen-bond donors (Lipinski definition) is 0. The lowest BCUT2D eigenvalue weighted by Crippen LogP contribution is -2.38. The highest BCUT2D eigenvalue weighted by Crippen LogP contribution is 2.52. The predicted molar refractivity (Wildman–Crippen MR) is 79.8 cm³/mol. The van der Waals surface area contributed by atoms with Gasteiger partial charge >= 0.3 is 0 Å². The van der Waals surface area contributed by atoms with E-state index >= 15 is 0 Å². The van der Waals surface area contributed by atoms with Crippen molar-refractivity contribution in [1.29, 1.82) is 0 Å². The standard InChI is InChI=1S/C18H18O2/c1-13(11-19)18(12-20-2)16-9-5-3-7-14(16)15-8-4-6-10-17(15)18/h3-11,13H,12H2,1-2H3. The van der Waals surface area contributed by atoms with Gasteiger partial charge in [0.2, 0.25) is 0 Å². The highest BCUT2D eigenvalue weighted by molar-refractivity contribution is 5.83. The maximum absolute atomic E-state index is 11.5. The highest BCUT2D eigenvalue weighted by Gasteiger charge is 2.46. The monoisotopic (exact) mass is 266 g/mol. The van der Waals surface area contributed by atoms with Gasteiger partial charge in [0.1, 0.15) is 6.29 Å². The second-order valence-electron chi connectivity index (χ2n) is 5.42. The van der Waals surface area contributed by atoms with E-state index in [0.29, 0.717) is 6.61 Å². The van der Waals surface area contributed by atoms with Crippen molar-refractivity contribution in [1.82, 2.24) is 0 Å². The third-order valence-corrected chi connectivity index (χ3v) is 4.46. The van der Waals surface area contributed by atoms with Crippen molar-refractivity contribution in [2.24, 2.45) is 5.92 Å². The van der Waals surface area contributed by atoms with E-state index in [2.05, 4.69) is 24.3 Å². The van der Waals surface area contributed by atoms with Crippen LogP contribution in [-0.4, -0.2) is 20.0 Å². The molecule has 1 aliphatic carbocycles. The van der Waals surface area contributed by atoms with Gasteiger partial charge in [-0.3, -0.25) is 0 Å². The molecular weight excluding hydrogens is 248 g/mol. The summed E-state index contributed by atoms with van der Waals surface area (Å²) in [6.07, 6.45) is 1.04. The van der Waals surface area contributed by atoms with Crippen molar-refractivity contribution >= 4 is 6.29 Å². The van der Waals surface area contributed by atoms with Crippen LogP contribution in [0.15, 0.2) is 48.5 Å². The van der Waals surface area contributed by atoms with Gasteiger partial charge in [0.15, 0.2) is 0 Å². The molecule has 2 nitrogen and oxygen atoms in total. The van der Waals surface area contributed by atoms with E-state index in [9.17, 15) is 4.79 Å². The Balaban J connectivity index is 2.36. The summed E-state index contributed by atoms with van der Waals surface area (Å²) in [6, 6.07) is 16.7. The molecule has 1 aliphatic rings. The Morgan fingerprint density at radius 1 is 1.05 bits per heavy atom. The van der Waals surface area contributed by atoms with Crippen LogP contribution in [0.25, 0.3) is 11.1 Å². The molecule has 0 spiro atoms. The van der Waals surface area contributed by atoms with Crippen molar-refractivity contribution in [2.45, 2.75) is 12.3 Å². The van der Waals surface area contributed by atoms with Crippen LogP contribution in [-0.2, 0) is 14.9 Å². The Hall–Kier alpha value is -1.93. The van der Waals surface area contributed by atoms with Crippen molar-refractivity contribution in [3.63, 3.8) is 0 Å². The molecule has 0 N–H and O–H groups in total. The van der Waals surface area contributed by atoms with Gasteiger partial charge in [-0.25, -0.2) is 0 Å². The number of rotatable bonds is 4. The van der Waals surface area contributed by atoms with Gasteiger partial charge in [-0.2, -0.15) is 0 Å². The molecule has 0 radical (unpaired) electrons. The normalized spacial score (nSPS) is 16.3. The first-order valence-electron chi connectivity index (χ1n) is 6.89. The second kappa shape index (κ2) is 4.88. The number of hydrogen-bond acceptors (Lipinski definition) is 2. The van der Waals surface area contributed by atoms with E-state index in [1.165, 1.54) is 22.3 Å². The lowest BCUT2D eigenvalue weighted by atomic mass is 9.70. The van der Waals surface area contributed by atoms with Crippen LogP contribution in [0.5, 0.6) is 0 Å². The summed E-state index contributed by atoms with van der Waals surface area (Å²) in [4.78, 5) is 11.5. The minimum absolute atomic E-state index is 0.132. The molecule has 1 atom stereocenters. The molecule has 0 saturated carbocycles. The maximum atomic E-state index is 11.5. The molecule has 2 aromatic carbocycles. The molecule has 0 aromatic heterocycles. The minimum atomic E-state index is -0.371. The van der Waals surface area contributed by atoms with Crippen molar-refractivity contribution in [2.75, 3.05) is 13.7 Å². The number of aldehydes is 1. The Labute approximate surface area is 119 Å². The van der Waals surface area contributed by atoms with Gasteiger partial charge in [-0.1, -0.05) is 55.5 Å². The quantitative estimate of drug-likeness (QED) is 0.792. The molecule has 2 heteroatoms. The third-order valence-electron chi connectivity index (χ3n) is 4.46. The summed E-state index contributed by atoms with van der Waals surface area (Å²) in [5, 5.41) is 0. The number of carbonyl (C=O) groups is 1. The van der Waals surface area contributed by atoms with Gasteiger partial charge in [0.25, 0.3) is 0 Å². The zero-order valence-electron chi connectivity index (χ0n) is 11.8. The molecule has 0 amide bonds. The van der Waals surface area contributed by atoms with Gasteiger partial charge in [-0.15, -0.1) is 0 Å². The third kappa shape index (κ3) is 1.58. The van der Waals surface area contributed by atoms with Gasteiger partial charge in [0.05, 0.1) is 12.0 Å². The Bertz CT molecular complexity index is 600. The summed E-state index contributed by atoms with van der Waals surface area (Å²) >= 11 is 0. The van der Waals surface area contributed by atoms with Gasteiger partial charge < -0.3 is 9.53 Å². The smallest absolute Gasteiger partial charge is 0.124 e. The SMILES string of the molecule is COCC1(C(C)C=O)c2ccccc2-c2ccccc21. The van der Waals surface area contributed by atoms with E-state index in [-0.39, 0.29) is 11.3 Å². The molecule has 102 valence electrons. The largest absolute Gasteiger partial charge is 0.383 e. The Morgan fingerprint density at radius 3 is 2.00 bits per heavy atom. The molecule has 0 aliphatic heterocycles. The first-order valence-corrected chi connectivity index (χ1v) is 6.89. The van der Waals surface area contributed by atoms with Crippen molar-refractivity contribution in [3.05, 3.63) is 59.7 Å². The van der Waals surface area contributed by atoms with Gasteiger partial charge in [-0.05, 0) is 22.3 Å². The van der Waals surface area contributed by atoms with Crippen LogP contribution < -0.4 is 0 Å². The first kappa shape index (κ1) is 13.1. The van der Waals surface area contributed by atoms with Crippen LogP contribution >= 0.6 is 0 Å². The minimum Gasteiger partial charge on any atom is -0.383 e. The zero-order chi connectivity index (χ0) is 14.2. The van der Waals surface area contributed by atoms with Crippen molar-refractivity contribution < 1.29 is 9.53 Å². The number of methoxy groups -OCH3 is 1. The second-order valence-corrected chi connectivity index (χ2v) is 5.42. The lowest BCUT2D eigenvalue weighted by Gasteiger charge is -2.34. The molecule has 0 bridgehead atoms. The van der Waals surface area contributed by atoms with E-state index in [0.717, 1.165) is 6.29 Å². The summed E-state index contributed by atoms with van der Waals surface area (Å²) in [5.74, 6) is -0.132. The molecule has 0 fully saturated rings. The Kier molecular flexibility index (Phi) is 3.19. The van der Waals surface area contributed by atoms with Gasteiger partial charge in [0, 0.05) is 13.0 Å². The summed E-state index contributed by atoms with van der Waals surface area (Å²) in [7, 11) is 1.70. The highest BCUT2D eigenvalue weighted by atomic mass is 16.5. The van der Waals surface area contributed by atoms with Crippen molar-refractivity contribution in [3.8, 4) is 11.1 Å². The first-order chi connectivity index (χ1) is 9.75. The summed E-state index contributed by atoms with van der Waals surface area (Å²) < 4.78 is 5.51.